The molecule has 0 aliphatic carbocycles. The Hall–Kier alpha value is -1.39. The topological polar surface area (TPSA) is 18.5 Å². The number of ether oxygens (including phenoxy) is 2. The van der Waals surface area contributed by atoms with Crippen molar-refractivity contribution < 1.29 is 22.6 Å². The second-order valence-corrected chi connectivity index (χ2v) is 2.71. The lowest BCUT2D eigenvalue weighted by atomic mass is 10.3. The van der Waals surface area contributed by atoms with Crippen LogP contribution in [0.25, 0.3) is 0 Å². The summed E-state index contributed by atoms with van der Waals surface area (Å²) in [5.74, 6) is 0.345. The summed E-state index contributed by atoms with van der Waals surface area (Å²) >= 11 is 0. The Bertz CT molecular complexity index is 310. The van der Waals surface area contributed by atoms with Gasteiger partial charge in [0.05, 0.1) is 6.61 Å². The summed E-state index contributed by atoms with van der Waals surface area (Å²) in [7, 11) is 0. The molecule has 0 bridgehead atoms. The minimum atomic E-state index is -4.34. The van der Waals surface area contributed by atoms with Crippen molar-refractivity contribution in [3.05, 3.63) is 24.3 Å². The van der Waals surface area contributed by atoms with Gasteiger partial charge in [0.1, 0.15) is 0 Å². The van der Waals surface area contributed by atoms with Crippen molar-refractivity contribution in [3.63, 3.8) is 0 Å². The zero-order chi connectivity index (χ0) is 11.3. The van der Waals surface area contributed by atoms with E-state index >= 15 is 0 Å². The van der Waals surface area contributed by atoms with Crippen molar-refractivity contribution in [2.24, 2.45) is 0 Å². The molecule has 0 spiro atoms. The fraction of sp³-hybridized carbons (Fsp3) is 0.400. The standard InChI is InChI=1S/C10H10F3O2/c1-2-14-8-5-3-4-6-9(8)15-7-10(11,12)13/h4-6H,2,7H2,1H3. The molecule has 83 valence electrons. The van der Waals surface area contributed by atoms with Crippen LogP contribution in [-0.4, -0.2) is 19.4 Å². The first-order valence-electron chi connectivity index (χ1n) is 4.35. The van der Waals surface area contributed by atoms with Gasteiger partial charge < -0.3 is 9.47 Å². The summed E-state index contributed by atoms with van der Waals surface area (Å²) < 4.78 is 45.3. The van der Waals surface area contributed by atoms with Gasteiger partial charge in [0.25, 0.3) is 0 Å². The maximum Gasteiger partial charge on any atom is 0.422 e. The SMILES string of the molecule is CCOc1c[c]ccc1OCC(F)(F)F. The molecule has 2 nitrogen and oxygen atoms in total. The minimum absolute atomic E-state index is 0.0768. The third-order valence-corrected chi connectivity index (χ3v) is 1.48. The van der Waals surface area contributed by atoms with E-state index in [0.717, 1.165) is 0 Å². The number of hydrogen-bond acceptors (Lipinski definition) is 2. The molecule has 1 radical (unpaired) electrons. The molecule has 15 heavy (non-hydrogen) atoms. The van der Waals surface area contributed by atoms with Gasteiger partial charge in [-0.1, -0.05) is 6.07 Å². The molecule has 1 aromatic rings. The molecule has 0 fully saturated rings. The Morgan fingerprint density at radius 3 is 2.60 bits per heavy atom. The van der Waals surface area contributed by atoms with E-state index in [9.17, 15) is 13.2 Å². The summed E-state index contributed by atoms with van der Waals surface area (Å²) in [6.45, 7) is 0.776. The Morgan fingerprint density at radius 1 is 1.27 bits per heavy atom. The van der Waals surface area contributed by atoms with Gasteiger partial charge in [0.15, 0.2) is 18.1 Å². The highest BCUT2D eigenvalue weighted by molar-refractivity contribution is 5.38. The van der Waals surface area contributed by atoms with E-state index in [2.05, 4.69) is 10.8 Å². The molecule has 0 amide bonds. The Labute approximate surface area is 85.6 Å². The summed E-state index contributed by atoms with van der Waals surface area (Å²) in [6, 6.07) is 6.99. The van der Waals surface area contributed by atoms with Crippen LogP contribution < -0.4 is 9.47 Å². The first-order valence-corrected chi connectivity index (χ1v) is 4.35. The second-order valence-electron chi connectivity index (χ2n) is 2.71. The molecule has 0 heterocycles. The summed E-state index contributed by atoms with van der Waals surface area (Å²) in [5.41, 5.74) is 0. The van der Waals surface area contributed by atoms with Crippen LogP contribution in [0, 0.1) is 6.07 Å². The largest absolute Gasteiger partial charge is 0.490 e. The monoisotopic (exact) mass is 219 g/mol. The van der Waals surface area contributed by atoms with Crippen LogP contribution in [-0.2, 0) is 0 Å². The smallest absolute Gasteiger partial charge is 0.422 e. The number of alkyl halides is 3. The van der Waals surface area contributed by atoms with Crippen molar-refractivity contribution >= 4 is 0 Å². The minimum Gasteiger partial charge on any atom is -0.490 e. The van der Waals surface area contributed by atoms with Gasteiger partial charge in [0, 0.05) is 0 Å². The zero-order valence-electron chi connectivity index (χ0n) is 8.10. The lowest BCUT2D eigenvalue weighted by Gasteiger charge is -2.12. The van der Waals surface area contributed by atoms with Crippen molar-refractivity contribution in [1.29, 1.82) is 0 Å². The van der Waals surface area contributed by atoms with Crippen LogP contribution >= 0.6 is 0 Å². The number of benzene rings is 1. The molecular formula is C10H10F3O2. The summed E-state index contributed by atoms with van der Waals surface area (Å²) in [4.78, 5) is 0. The van der Waals surface area contributed by atoms with Gasteiger partial charge in [-0.25, -0.2) is 0 Å². The van der Waals surface area contributed by atoms with E-state index in [1.54, 1.807) is 6.92 Å². The van der Waals surface area contributed by atoms with Crippen molar-refractivity contribution in [1.82, 2.24) is 0 Å². The highest BCUT2D eigenvalue weighted by Gasteiger charge is 2.28. The molecule has 0 saturated carbocycles. The fourth-order valence-corrected chi connectivity index (χ4v) is 0.948. The summed E-state index contributed by atoms with van der Waals surface area (Å²) in [5, 5.41) is 0. The Balaban J connectivity index is 2.67. The van der Waals surface area contributed by atoms with E-state index in [4.69, 9.17) is 4.74 Å². The van der Waals surface area contributed by atoms with E-state index in [1.807, 2.05) is 0 Å². The molecule has 0 aromatic heterocycles. The highest BCUT2D eigenvalue weighted by Crippen LogP contribution is 2.27. The molecule has 0 atom stereocenters. The average Bonchev–Trinajstić information content (AvgIpc) is 2.16. The Kier molecular flexibility index (Phi) is 3.82. The van der Waals surface area contributed by atoms with Crippen molar-refractivity contribution in [2.45, 2.75) is 13.1 Å². The number of hydrogen-bond donors (Lipinski definition) is 0. The van der Waals surface area contributed by atoms with E-state index in [1.165, 1.54) is 18.2 Å². The van der Waals surface area contributed by atoms with Crippen LogP contribution in [0.1, 0.15) is 6.92 Å². The predicted molar refractivity (Wildman–Crippen MR) is 48.0 cm³/mol. The van der Waals surface area contributed by atoms with Crippen molar-refractivity contribution in [2.75, 3.05) is 13.2 Å². The molecule has 1 rings (SSSR count). The molecule has 5 heteroatoms. The van der Waals surface area contributed by atoms with Crippen molar-refractivity contribution in [3.8, 4) is 11.5 Å². The molecule has 0 unspecified atom stereocenters. The van der Waals surface area contributed by atoms with E-state index in [-0.39, 0.29) is 11.5 Å². The molecular weight excluding hydrogens is 209 g/mol. The maximum absolute atomic E-state index is 11.9. The van der Waals surface area contributed by atoms with Gasteiger partial charge in [-0.05, 0) is 25.1 Å². The van der Waals surface area contributed by atoms with Crippen LogP contribution in [0.3, 0.4) is 0 Å². The first-order chi connectivity index (χ1) is 7.03. The molecule has 0 N–H and O–H groups in total. The number of rotatable bonds is 4. The van der Waals surface area contributed by atoms with Gasteiger partial charge in [-0.2, -0.15) is 13.2 Å². The molecule has 0 aliphatic rings. The maximum atomic E-state index is 11.9. The van der Waals surface area contributed by atoms with Crippen LogP contribution in [0.15, 0.2) is 18.2 Å². The highest BCUT2D eigenvalue weighted by atomic mass is 19.4. The second kappa shape index (κ2) is 4.91. The first kappa shape index (κ1) is 11.7. The zero-order valence-corrected chi connectivity index (χ0v) is 8.10. The lowest BCUT2D eigenvalue weighted by Crippen LogP contribution is -2.19. The molecule has 0 aliphatic heterocycles. The number of halogens is 3. The van der Waals surface area contributed by atoms with Gasteiger partial charge in [0.2, 0.25) is 0 Å². The van der Waals surface area contributed by atoms with Gasteiger partial charge in [-0.15, -0.1) is 0 Å². The van der Waals surface area contributed by atoms with Gasteiger partial charge >= 0.3 is 6.18 Å². The molecule has 1 aromatic carbocycles. The molecule has 0 saturated heterocycles. The summed E-state index contributed by atoms with van der Waals surface area (Å²) in [6.07, 6.45) is -4.34. The van der Waals surface area contributed by atoms with Crippen LogP contribution in [0.2, 0.25) is 0 Å². The quantitative estimate of drug-likeness (QED) is 0.775. The fourth-order valence-electron chi connectivity index (χ4n) is 0.948. The third-order valence-electron chi connectivity index (χ3n) is 1.48. The van der Waals surface area contributed by atoms with E-state index < -0.39 is 12.8 Å². The predicted octanol–water partition coefficient (Wildman–Crippen LogP) is 2.83. The van der Waals surface area contributed by atoms with Crippen LogP contribution in [0.4, 0.5) is 13.2 Å². The normalized spacial score (nSPS) is 11.2. The van der Waals surface area contributed by atoms with E-state index in [0.29, 0.717) is 6.61 Å². The Morgan fingerprint density at radius 2 is 2.00 bits per heavy atom. The van der Waals surface area contributed by atoms with Crippen LogP contribution in [0.5, 0.6) is 11.5 Å². The third kappa shape index (κ3) is 4.10. The van der Waals surface area contributed by atoms with Gasteiger partial charge in [-0.3, -0.25) is 0 Å². The average molecular weight is 219 g/mol. The lowest BCUT2D eigenvalue weighted by molar-refractivity contribution is -0.153.